The Balaban J connectivity index is 1.96. The van der Waals surface area contributed by atoms with Gasteiger partial charge in [-0.2, -0.15) is 0 Å². The first-order valence-corrected chi connectivity index (χ1v) is 13.7. The molecule has 0 saturated carbocycles. The number of allylic oxidation sites excluding steroid dienone is 1. The van der Waals surface area contributed by atoms with E-state index in [-0.39, 0.29) is 17.2 Å². The highest BCUT2D eigenvalue weighted by molar-refractivity contribution is 9.11. The Hall–Kier alpha value is -2.20. The Morgan fingerprint density at radius 1 is 1.20 bits per heavy atom. The Morgan fingerprint density at radius 3 is 2.37 bits per heavy atom. The molecule has 6 nitrogen and oxygen atoms in total. The monoisotopic (exact) mass is 637 g/mol. The molecule has 3 aromatic rings. The predicted molar refractivity (Wildman–Crippen MR) is 147 cm³/mol. The molecule has 0 unspecified atom stereocenters. The number of aromatic nitrogens is 1. The molecule has 1 aromatic heterocycles. The summed E-state index contributed by atoms with van der Waals surface area (Å²) in [5, 5.41) is 10.6. The van der Waals surface area contributed by atoms with Crippen LogP contribution in [0.2, 0.25) is 5.02 Å². The summed E-state index contributed by atoms with van der Waals surface area (Å²) in [5.41, 5.74) is 2.33. The lowest BCUT2D eigenvalue weighted by Gasteiger charge is -2.29. The molecule has 0 radical (unpaired) electrons. The van der Waals surface area contributed by atoms with Gasteiger partial charge in [0.2, 0.25) is 0 Å². The van der Waals surface area contributed by atoms with E-state index in [0.717, 1.165) is 11.1 Å². The molecule has 2 aromatic carbocycles. The largest absolute Gasteiger partial charge is 0.506 e. The SMILES string of the molecule is CCN(CC)C(=O)C1=C(C)N=c2s/c(=C/c3cc(Br)c(O)c(Br)c3)c(=O)n2[C@@H]1c1ccc(Cl)cc1. The van der Waals surface area contributed by atoms with Gasteiger partial charge in [-0.1, -0.05) is 35.1 Å². The minimum atomic E-state index is -0.628. The van der Waals surface area contributed by atoms with Gasteiger partial charge in [-0.3, -0.25) is 14.2 Å². The first-order chi connectivity index (χ1) is 16.7. The van der Waals surface area contributed by atoms with Gasteiger partial charge >= 0.3 is 0 Å². The van der Waals surface area contributed by atoms with Crippen LogP contribution in [-0.2, 0) is 4.79 Å². The number of nitrogens with zero attached hydrogens (tertiary/aromatic N) is 3. The fourth-order valence-electron chi connectivity index (χ4n) is 4.06. The molecule has 10 heteroatoms. The van der Waals surface area contributed by atoms with Crippen molar-refractivity contribution in [3.63, 3.8) is 0 Å². The van der Waals surface area contributed by atoms with Crippen molar-refractivity contribution in [2.45, 2.75) is 26.8 Å². The number of thiazole rings is 1. The number of hydrogen-bond acceptors (Lipinski definition) is 5. The van der Waals surface area contributed by atoms with Crippen molar-refractivity contribution in [3.8, 4) is 5.75 Å². The highest BCUT2D eigenvalue weighted by atomic mass is 79.9. The summed E-state index contributed by atoms with van der Waals surface area (Å²) in [6, 6.07) is 10.0. The number of fused-ring (bicyclic) bond motifs is 1. The Labute approximate surface area is 228 Å². The van der Waals surface area contributed by atoms with Crippen LogP contribution in [0.5, 0.6) is 5.75 Å². The number of hydrogen-bond donors (Lipinski definition) is 1. The highest BCUT2D eigenvalue weighted by Gasteiger charge is 2.34. The van der Waals surface area contributed by atoms with Gasteiger partial charge in [0, 0.05) is 18.1 Å². The van der Waals surface area contributed by atoms with E-state index in [1.165, 1.54) is 11.3 Å². The van der Waals surface area contributed by atoms with Gasteiger partial charge in [0.25, 0.3) is 11.5 Å². The lowest BCUT2D eigenvalue weighted by atomic mass is 9.94. The third-order valence-corrected chi connectivity index (χ3v) is 8.27. The van der Waals surface area contributed by atoms with Crippen molar-refractivity contribution < 1.29 is 9.90 Å². The van der Waals surface area contributed by atoms with E-state index >= 15 is 0 Å². The second kappa shape index (κ2) is 10.4. The van der Waals surface area contributed by atoms with Crippen LogP contribution in [0.25, 0.3) is 6.08 Å². The number of halogens is 3. The molecule has 35 heavy (non-hydrogen) atoms. The van der Waals surface area contributed by atoms with Crippen LogP contribution in [0.1, 0.15) is 37.9 Å². The van der Waals surface area contributed by atoms with Crippen molar-refractivity contribution in [1.29, 1.82) is 0 Å². The fraction of sp³-hybridized carbons (Fsp3) is 0.240. The zero-order chi connectivity index (χ0) is 25.4. The standard InChI is InChI=1S/C25H22Br2ClN3O3S/c1-4-30(5-2)24(34)20-13(3)29-25-31(21(20)15-6-8-16(28)9-7-15)23(33)19(35-25)12-14-10-17(26)22(32)18(27)11-14/h6-12,21,32H,4-5H2,1-3H3/b19-12+/t21-/m1/s1. The second-order valence-corrected chi connectivity index (χ2v) is 11.1. The number of aromatic hydroxyl groups is 1. The molecule has 4 rings (SSSR count). The summed E-state index contributed by atoms with van der Waals surface area (Å²) in [6.45, 7) is 6.77. The molecule has 0 fully saturated rings. The molecule has 0 spiro atoms. The topological polar surface area (TPSA) is 74.9 Å². The molecule has 2 heterocycles. The molecule has 0 aliphatic carbocycles. The normalized spacial score (nSPS) is 15.7. The van der Waals surface area contributed by atoms with Crippen molar-refractivity contribution >= 4 is 66.8 Å². The maximum Gasteiger partial charge on any atom is 0.271 e. The maximum absolute atomic E-state index is 13.7. The molecule has 0 bridgehead atoms. The van der Waals surface area contributed by atoms with Crippen LogP contribution in [-0.4, -0.2) is 33.6 Å². The minimum Gasteiger partial charge on any atom is -0.506 e. The van der Waals surface area contributed by atoms with Gasteiger partial charge in [-0.05, 0) is 94.1 Å². The molecular formula is C25H22Br2ClN3O3S. The molecule has 0 saturated heterocycles. The molecule has 1 amide bonds. The summed E-state index contributed by atoms with van der Waals surface area (Å²) < 4.78 is 3.07. The number of carbonyl (C=O) groups is 1. The van der Waals surface area contributed by atoms with E-state index in [1.807, 2.05) is 32.9 Å². The quantitative estimate of drug-likeness (QED) is 0.428. The van der Waals surface area contributed by atoms with Crippen LogP contribution in [0.4, 0.5) is 0 Å². The van der Waals surface area contributed by atoms with Crippen LogP contribution >= 0.6 is 54.8 Å². The lowest BCUT2D eigenvalue weighted by Crippen LogP contribution is -2.43. The molecular weight excluding hydrogens is 618 g/mol. The highest BCUT2D eigenvalue weighted by Crippen LogP contribution is 2.34. The smallest absolute Gasteiger partial charge is 0.271 e. The maximum atomic E-state index is 13.7. The van der Waals surface area contributed by atoms with Gasteiger partial charge < -0.3 is 10.0 Å². The third kappa shape index (κ3) is 4.91. The van der Waals surface area contributed by atoms with Crippen LogP contribution in [0.3, 0.4) is 0 Å². The van der Waals surface area contributed by atoms with E-state index in [9.17, 15) is 14.7 Å². The number of rotatable bonds is 5. The summed E-state index contributed by atoms with van der Waals surface area (Å²) >= 11 is 14.1. The number of benzene rings is 2. The molecule has 1 N–H and O–H groups in total. The summed E-state index contributed by atoms with van der Waals surface area (Å²) in [7, 11) is 0. The van der Waals surface area contributed by atoms with Crippen LogP contribution in [0, 0.1) is 0 Å². The fourth-order valence-corrected chi connectivity index (χ4v) is 6.45. The van der Waals surface area contributed by atoms with E-state index in [2.05, 4.69) is 36.9 Å². The second-order valence-electron chi connectivity index (χ2n) is 7.94. The molecule has 1 aliphatic heterocycles. The Morgan fingerprint density at radius 2 is 1.80 bits per heavy atom. The predicted octanol–water partition coefficient (Wildman–Crippen LogP) is 4.99. The van der Waals surface area contributed by atoms with E-state index in [4.69, 9.17) is 11.6 Å². The number of amides is 1. The van der Waals surface area contributed by atoms with Gasteiger partial charge in [-0.25, -0.2) is 4.99 Å². The van der Waals surface area contributed by atoms with Gasteiger partial charge in [-0.15, -0.1) is 0 Å². The van der Waals surface area contributed by atoms with Crippen molar-refractivity contribution in [3.05, 3.63) is 92.5 Å². The molecule has 182 valence electrons. The Bertz CT molecular complexity index is 1500. The lowest BCUT2D eigenvalue weighted by molar-refractivity contribution is -0.127. The average molecular weight is 640 g/mol. The zero-order valence-electron chi connectivity index (χ0n) is 19.2. The number of phenolic OH excluding ortho intramolecular Hbond substituents is 1. The minimum absolute atomic E-state index is 0.0847. The van der Waals surface area contributed by atoms with Gasteiger partial charge in [0.05, 0.1) is 30.8 Å². The van der Waals surface area contributed by atoms with Crippen LogP contribution < -0.4 is 14.9 Å². The van der Waals surface area contributed by atoms with Crippen molar-refractivity contribution in [2.24, 2.45) is 4.99 Å². The first kappa shape index (κ1) is 25.9. The van der Waals surface area contributed by atoms with E-state index in [0.29, 0.717) is 47.7 Å². The number of carbonyl (C=O) groups excluding carboxylic acids is 1. The van der Waals surface area contributed by atoms with Gasteiger partial charge in [0.15, 0.2) is 4.80 Å². The van der Waals surface area contributed by atoms with Crippen LogP contribution in [0.15, 0.2) is 66.4 Å². The summed E-state index contributed by atoms with van der Waals surface area (Å²) in [4.78, 5) is 34.2. The molecule has 1 atom stereocenters. The van der Waals surface area contributed by atoms with Crippen molar-refractivity contribution in [2.75, 3.05) is 13.1 Å². The number of likely N-dealkylation sites (N-methyl/N-ethyl adjacent to an activating group) is 1. The average Bonchev–Trinajstić information content (AvgIpc) is 3.12. The first-order valence-electron chi connectivity index (χ1n) is 10.9. The summed E-state index contributed by atoms with van der Waals surface area (Å²) in [5.74, 6) is -0.0570. The Kier molecular flexibility index (Phi) is 7.71. The number of phenols is 1. The summed E-state index contributed by atoms with van der Waals surface area (Å²) in [6.07, 6.45) is 1.75. The van der Waals surface area contributed by atoms with Crippen molar-refractivity contribution in [1.82, 2.24) is 9.47 Å². The third-order valence-electron chi connectivity index (χ3n) is 5.83. The van der Waals surface area contributed by atoms with E-state index < -0.39 is 6.04 Å². The van der Waals surface area contributed by atoms with E-state index in [1.54, 1.807) is 39.8 Å². The van der Waals surface area contributed by atoms with Gasteiger partial charge in [0.1, 0.15) is 5.75 Å². The zero-order valence-corrected chi connectivity index (χ0v) is 23.9. The molecule has 1 aliphatic rings.